The van der Waals surface area contributed by atoms with E-state index in [1.54, 1.807) is 0 Å². The van der Waals surface area contributed by atoms with Crippen molar-refractivity contribution >= 4 is 23.3 Å². The van der Waals surface area contributed by atoms with Crippen molar-refractivity contribution in [2.45, 2.75) is 32.2 Å². The number of benzene rings is 1. The van der Waals surface area contributed by atoms with Crippen LogP contribution in [-0.4, -0.2) is 61.5 Å². The molecule has 0 spiro atoms. The van der Waals surface area contributed by atoms with E-state index >= 15 is 0 Å². The van der Waals surface area contributed by atoms with E-state index in [9.17, 15) is 9.59 Å². The molecule has 0 unspecified atom stereocenters. The van der Waals surface area contributed by atoms with Crippen molar-refractivity contribution in [3.05, 3.63) is 24.3 Å². The van der Waals surface area contributed by atoms with Crippen LogP contribution in [0.1, 0.15) is 26.2 Å². The van der Waals surface area contributed by atoms with E-state index < -0.39 is 0 Å². The van der Waals surface area contributed by atoms with Crippen LogP contribution in [0.25, 0.3) is 0 Å². The summed E-state index contributed by atoms with van der Waals surface area (Å²) >= 11 is 0. The summed E-state index contributed by atoms with van der Waals surface area (Å²) in [7, 11) is 3.97. The number of urea groups is 1. The number of piperidine rings is 1. The Labute approximate surface area is 149 Å². The normalized spacial score (nSPS) is 22.8. The molecule has 1 aromatic rings. The summed E-state index contributed by atoms with van der Waals surface area (Å²) < 4.78 is 0. The average Bonchev–Trinajstić information content (AvgIpc) is 2.88. The Hall–Kier alpha value is -2.24. The molecule has 6 heteroatoms. The van der Waals surface area contributed by atoms with Gasteiger partial charge in [-0.1, -0.05) is 6.92 Å². The molecule has 0 saturated carbocycles. The zero-order chi connectivity index (χ0) is 18.0. The molecule has 136 valence electrons. The predicted octanol–water partition coefficient (Wildman–Crippen LogP) is 2.62. The lowest BCUT2D eigenvalue weighted by atomic mass is 9.94. The molecule has 0 aliphatic carbocycles. The summed E-state index contributed by atoms with van der Waals surface area (Å²) in [5, 5.41) is 2.97. The van der Waals surface area contributed by atoms with Gasteiger partial charge in [0.1, 0.15) is 0 Å². The first-order chi connectivity index (χ1) is 12.0. The Bertz CT molecular complexity index is 629. The van der Waals surface area contributed by atoms with E-state index in [1.807, 2.05) is 53.1 Å². The number of fused-ring (bicyclic) bond motifs is 4. The number of carbonyl (C=O) groups is 2. The summed E-state index contributed by atoms with van der Waals surface area (Å²) in [4.78, 5) is 31.1. The fourth-order valence-corrected chi connectivity index (χ4v) is 3.79. The second kappa shape index (κ2) is 7.33. The Morgan fingerprint density at radius 1 is 1.20 bits per heavy atom. The number of hydrogen-bond donors (Lipinski definition) is 1. The molecule has 3 fully saturated rings. The Morgan fingerprint density at radius 2 is 1.92 bits per heavy atom. The van der Waals surface area contributed by atoms with Crippen LogP contribution in [0, 0.1) is 5.92 Å². The molecule has 6 nitrogen and oxygen atoms in total. The maximum Gasteiger partial charge on any atom is 0.321 e. The lowest BCUT2D eigenvalue weighted by molar-refractivity contribution is -0.139. The molecular formula is C19H28N4O2. The van der Waals surface area contributed by atoms with E-state index in [0.717, 1.165) is 37.2 Å². The van der Waals surface area contributed by atoms with Crippen LogP contribution in [0.4, 0.5) is 16.2 Å². The van der Waals surface area contributed by atoms with Crippen LogP contribution in [-0.2, 0) is 4.79 Å². The van der Waals surface area contributed by atoms with Crippen LogP contribution < -0.4 is 10.2 Å². The number of amides is 3. The average molecular weight is 344 g/mol. The SMILES string of the molecule is CCCN1C(=O)[C@H]2CC[C@@H]1CN(C(=O)Nc1ccc(N(C)C)cc1)C2. The number of anilines is 2. The lowest BCUT2D eigenvalue weighted by Gasteiger charge is -2.35. The zero-order valence-electron chi connectivity index (χ0n) is 15.4. The highest BCUT2D eigenvalue weighted by Crippen LogP contribution is 2.29. The minimum Gasteiger partial charge on any atom is -0.378 e. The van der Waals surface area contributed by atoms with Gasteiger partial charge in [-0.15, -0.1) is 0 Å². The fraction of sp³-hybridized carbons (Fsp3) is 0.579. The van der Waals surface area contributed by atoms with Gasteiger partial charge in [-0.3, -0.25) is 4.79 Å². The molecule has 2 atom stereocenters. The number of nitrogens with zero attached hydrogens (tertiary/aromatic N) is 3. The Morgan fingerprint density at radius 3 is 2.56 bits per heavy atom. The van der Waals surface area contributed by atoms with Crippen molar-refractivity contribution in [2.75, 3.05) is 43.9 Å². The van der Waals surface area contributed by atoms with Crippen molar-refractivity contribution in [3.8, 4) is 0 Å². The monoisotopic (exact) mass is 344 g/mol. The number of hydrogen-bond acceptors (Lipinski definition) is 3. The fourth-order valence-electron chi connectivity index (χ4n) is 3.79. The van der Waals surface area contributed by atoms with E-state index in [-0.39, 0.29) is 23.9 Å². The van der Waals surface area contributed by atoms with Crippen molar-refractivity contribution in [1.29, 1.82) is 0 Å². The van der Waals surface area contributed by atoms with E-state index in [1.165, 1.54) is 0 Å². The van der Waals surface area contributed by atoms with Gasteiger partial charge in [-0.2, -0.15) is 0 Å². The number of rotatable bonds is 4. The standard InChI is InChI=1S/C19H28N4O2/c1-4-11-23-17-8-5-14(18(23)24)12-22(13-17)19(25)20-15-6-9-16(10-7-15)21(2)3/h6-7,9-10,14,17H,4-5,8,11-13H2,1-3H3,(H,20,25)/t14-,17+/m0/s1. The minimum atomic E-state index is -0.111. The molecule has 3 amide bonds. The lowest BCUT2D eigenvalue weighted by Crippen LogP contribution is -2.48. The largest absolute Gasteiger partial charge is 0.378 e. The van der Waals surface area contributed by atoms with Crippen LogP contribution in [0.15, 0.2) is 24.3 Å². The van der Waals surface area contributed by atoms with Crippen LogP contribution in [0.3, 0.4) is 0 Å². The third-order valence-electron chi connectivity index (χ3n) is 5.18. The number of carbonyl (C=O) groups excluding carboxylic acids is 2. The predicted molar refractivity (Wildman–Crippen MR) is 99.9 cm³/mol. The maximum absolute atomic E-state index is 12.7. The zero-order valence-corrected chi connectivity index (χ0v) is 15.4. The van der Waals surface area contributed by atoms with Gasteiger partial charge in [0.05, 0.1) is 5.92 Å². The van der Waals surface area contributed by atoms with E-state index in [4.69, 9.17) is 0 Å². The van der Waals surface area contributed by atoms with Gasteiger partial charge in [0.15, 0.2) is 0 Å². The summed E-state index contributed by atoms with van der Waals surface area (Å²) in [6.45, 7) is 4.04. The highest BCUT2D eigenvalue weighted by atomic mass is 16.2. The van der Waals surface area contributed by atoms with Crippen LogP contribution in [0.5, 0.6) is 0 Å². The maximum atomic E-state index is 12.7. The molecule has 2 bridgehead atoms. The van der Waals surface area contributed by atoms with Gasteiger partial charge < -0.3 is 20.0 Å². The molecule has 3 aliphatic rings. The molecule has 1 N–H and O–H groups in total. The molecule has 25 heavy (non-hydrogen) atoms. The summed E-state index contributed by atoms with van der Waals surface area (Å²) in [6, 6.07) is 7.83. The Kier molecular flexibility index (Phi) is 5.16. The highest BCUT2D eigenvalue weighted by molar-refractivity contribution is 5.90. The quantitative estimate of drug-likeness (QED) is 0.913. The highest BCUT2D eigenvalue weighted by Gasteiger charge is 2.41. The third-order valence-corrected chi connectivity index (χ3v) is 5.18. The molecule has 0 aromatic heterocycles. The van der Waals surface area contributed by atoms with Crippen molar-refractivity contribution < 1.29 is 9.59 Å². The van der Waals surface area contributed by atoms with Gasteiger partial charge in [0.2, 0.25) is 5.91 Å². The molecule has 3 aliphatic heterocycles. The van der Waals surface area contributed by atoms with Gasteiger partial charge in [-0.05, 0) is 43.5 Å². The van der Waals surface area contributed by atoms with E-state index in [0.29, 0.717) is 13.1 Å². The molecule has 0 radical (unpaired) electrons. The summed E-state index contributed by atoms with van der Waals surface area (Å²) in [5.41, 5.74) is 1.87. The third kappa shape index (κ3) is 3.72. The molecule has 3 heterocycles. The molecule has 3 saturated heterocycles. The summed E-state index contributed by atoms with van der Waals surface area (Å²) in [5.74, 6) is 0.177. The molecule has 1 aromatic carbocycles. The van der Waals surface area contributed by atoms with Crippen LogP contribution >= 0.6 is 0 Å². The smallest absolute Gasteiger partial charge is 0.321 e. The van der Waals surface area contributed by atoms with Gasteiger partial charge in [0, 0.05) is 51.1 Å². The first-order valence-corrected chi connectivity index (χ1v) is 9.13. The first-order valence-electron chi connectivity index (χ1n) is 9.13. The van der Waals surface area contributed by atoms with E-state index in [2.05, 4.69) is 12.2 Å². The van der Waals surface area contributed by atoms with Crippen molar-refractivity contribution in [2.24, 2.45) is 5.92 Å². The van der Waals surface area contributed by atoms with Gasteiger partial charge in [-0.25, -0.2) is 4.79 Å². The van der Waals surface area contributed by atoms with Gasteiger partial charge in [0.25, 0.3) is 0 Å². The van der Waals surface area contributed by atoms with Gasteiger partial charge >= 0.3 is 6.03 Å². The minimum absolute atomic E-state index is 0.0489. The number of nitrogens with one attached hydrogen (secondary N) is 1. The van der Waals surface area contributed by atoms with Crippen molar-refractivity contribution in [3.63, 3.8) is 0 Å². The molecular weight excluding hydrogens is 316 g/mol. The topological polar surface area (TPSA) is 55.9 Å². The second-order valence-electron chi connectivity index (χ2n) is 7.24. The Balaban J connectivity index is 1.67. The van der Waals surface area contributed by atoms with Crippen molar-refractivity contribution in [1.82, 2.24) is 9.80 Å². The first kappa shape index (κ1) is 17.6. The van der Waals surface area contributed by atoms with Crippen LogP contribution in [0.2, 0.25) is 0 Å². The molecule has 4 rings (SSSR count). The summed E-state index contributed by atoms with van der Waals surface area (Å²) in [6.07, 6.45) is 2.85. The second-order valence-corrected chi connectivity index (χ2v) is 7.24.